The second-order valence-electron chi connectivity index (χ2n) is 11.7. The zero-order chi connectivity index (χ0) is 30.7. The summed E-state index contributed by atoms with van der Waals surface area (Å²) in [7, 11) is 0. The van der Waals surface area contributed by atoms with Crippen molar-refractivity contribution in [1.82, 2.24) is 0 Å². The van der Waals surface area contributed by atoms with Crippen LogP contribution in [0.3, 0.4) is 0 Å². The van der Waals surface area contributed by atoms with E-state index in [4.69, 9.17) is 14.2 Å². The van der Waals surface area contributed by atoms with Gasteiger partial charge in [-0.3, -0.25) is 4.79 Å². The molecule has 5 nitrogen and oxygen atoms in total. The van der Waals surface area contributed by atoms with Crippen LogP contribution < -0.4 is 9.47 Å². The molecule has 3 aromatic carbocycles. The summed E-state index contributed by atoms with van der Waals surface area (Å²) in [4.78, 5) is 25.4. The Kier molecular flexibility index (Phi) is 15.7. The molecule has 0 aliphatic heterocycles. The number of carbonyl (C=O) groups is 2. The zero-order valence-corrected chi connectivity index (χ0v) is 26.7. The van der Waals surface area contributed by atoms with E-state index in [1.807, 2.05) is 49.4 Å². The predicted octanol–water partition coefficient (Wildman–Crippen LogP) is 10.6. The number of hydrogen-bond acceptors (Lipinski definition) is 5. The maximum absolute atomic E-state index is 12.7. The van der Waals surface area contributed by atoms with E-state index in [0.717, 1.165) is 41.3 Å². The molecule has 3 aromatic rings. The Hall–Kier alpha value is -3.34. The number of benzene rings is 3. The second kappa shape index (κ2) is 19.8. The number of rotatable bonds is 21. The summed E-state index contributed by atoms with van der Waals surface area (Å²) in [6, 6.07) is 18.6. The predicted molar refractivity (Wildman–Crippen MR) is 176 cm³/mol. The van der Waals surface area contributed by atoms with Gasteiger partial charge in [0.15, 0.2) is 0 Å². The lowest BCUT2D eigenvalue weighted by molar-refractivity contribution is -0.145. The first-order valence-corrected chi connectivity index (χ1v) is 16.7. The van der Waals surface area contributed by atoms with Crippen molar-refractivity contribution in [1.29, 1.82) is 0 Å². The lowest BCUT2D eigenvalue weighted by Crippen LogP contribution is -2.14. The van der Waals surface area contributed by atoms with Crippen LogP contribution in [-0.2, 0) is 9.53 Å². The summed E-state index contributed by atoms with van der Waals surface area (Å²) in [6.45, 7) is 7.51. The Balaban J connectivity index is 1.42. The minimum absolute atomic E-state index is 0.188. The Morgan fingerprint density at radius 3 is 1.79 bits per heavy atom. The molecular formula is C38H52O5. The number of carbonyl (C=O) groups excluding carboxylic acids is 2. The van der Waals surface area contributed by atoms with Gasteiger partial charge in [-0.05, 0) is 72.5 Å². The summed E-state index contributed by atoms with van der Waals surface area (Å²) in [5.74, 6) is 0.302. The third-order valence-electron chi connectivity index (χ3n) is 8.00. The molecule has 0 bridgehead atoms. The fourth-order valence-electron chi connectivity index (χ4n) is 5.17. The highest BCUT2D eigenvalue weighted by atomic mass is 16.5. The molecule has 3 rings (SSSR count). The van der Waals surface area contributed by atoms with Gasteiger partial charge in [0.05, 0.1) is 24.7 Å². The Labute approximate surface area is 259 Å². The van der Waals surface area contributed by atoms with Crippen LogP contribution in [0.2, 0.25) is 0 Å². The van der Waals surface area contributed by atoms with E-state index in [0.29, 0.717) is 24.5 Å². The van der Waals surface area contributed by atoms with Gasteiger partial charge in [-0.15, -0.1) is 0 Å². The van der Waals surface area contributed by atoms with Gasteiger partial charge in [-0.25, -0.2) is 4.79 Å². The van der Waals surface area contributed by atoms with Crippen molar-refractivity contribution in [2.75, 3.05) is 13.2 Å². The van der Waals surface area contributed by atoms with Crippen LogP contribution in [0.1, 0.15) is 133 Å². The fraction of sp³-hybridized carbons (Fsp3) is 0.526. The third-order valence-corrected chi connectivity index (χ3v) is 8.00. The van der Waals surface area contributed by atoms with Crippen LogP contribution in [0.5, 0.6) is 11.5 Å². The summed E-state index contributed by atoms with van der Waals surface area (Å²) >= 11 is 0. The van der Waals surface area contributed by atoms with Crippen molar-refractivity contribution >= 4 is 22.7 Å². The molecule has 5 heteroatoms. The Morgan fingerprint density at radius 2 is 1.14 bits per heavy atom. The highest BCUT2D eigenvalue weighted by Crippen LogP contribution is 2.27. The Morgan fingerprint density at radius 1 is 0.605 bits per heavy atom. The third kappa shape index (κ3) is 12.4. The van der Waals surface area contributed by atoms with Gasteiger partial charge >= 0.3 is 11.9 Å². The summed E-state index contributed by atoms with van der Waals surface area (Å²) in [6.07, 6.45) is 17.1. The van der Waals surface area contributed by atoms with E-state index in [2.05, 4.69) is 13.8 Å². The van der Waals surface area contributed by atoms with E-state index >= 15 is 0 Å². The summed E-state index contributed by atoms with van der Waals surface area (Å²) < 4.78 is 17.0. The van der Waals surface area contributed by atoms with Gasteiger partial charge in [0.1, 0.15) is 11.5 Å². The quantitative estimate of drug-likeness (QED) is 0.0704. The Bertz CT molecular complexity index is 1230. The average molecular weight is 589 g/mol. The molecule has 0 radical (unpaired) electrons. The number of hydrogen-bond donors (Lipinski definition) is 0. The first kappa shape index (κ1) is 34.2. The number of fused-ring (bicyclic) bond motifs is 1. The summed E-state index contributed by atoms with van der Waals surface area (Å²) in [5.41, 5.74) is 1.39. The van der Waals surface area contributed by atoms with Gasteiger partial charge in [-0.2, -0.15) is 0 Å². The van der Waals surface area contributed by atoms with Crippen LogP contribution in [0.15, 0.2) is 60.7 Å². The van der Waals surface area contributed by atoms with Crippen molar-refractivity contribution in [3.63, 3.8) is 0 Å². The van der Waals surface area contributed by atoms with E-state index in [-0.39, 0.29) is 11.9 Å². The van der Waals surface area contributed by atoms with Crippen molar-refractivity contribution in [2.24, 2.45) is 0 Å². The monoisotopic (exact) mass is 588 g/mol. The smallest absolute Gasteiger partial charge is 0.343 e. The standard InChI is InChI=1S/C38H52O5/c1-4-6-8-10-12-13-15-17-27-42-37(39)30(3)32-18-19-34-29-36(25-22-33(34)28-32)43-38(40)31-20-23-35(24-21-31)41-26-16-14-11-9-7-5-2/h18-25,28-30H,4-17,26-27H2,1-3H3/t30-/m0/s1. The van der Waals surface area contributed by atoms with Gasteiger partial charge < -0.3 is 14.2 Å². The molecule has 0 saturated heterocycles. The van der Waals surface area contributed by atoms with E-state index < -0.39 is 5.97 Å². The van der Waals surface area contributed by atoms with Crippen molar-refractivity contribution in [2.45, 2.75) is 117 Å². The van der Waals surface area contributed by atoms with Crippen LogP contribution in [0, 0.1) is 0 Å². The number of esters is 2. The first-order chi connectivity index (χ1) is 21.0. The molecule has 0 aromatic heterocycles. The van der Waals surface area contributed by atoms with Crippen molar-refractivity contribution in [3.8, 4) is 11.5 Å². The first-order valence-electron chi connectivity index (χ1n) is 16.7. The molecule has 0 aliphatic carbocycles. The van der Waals surface area contributed by atoms with Crippen molar-refractivity contribution < 1.29 is 23.8 Å². The zero-order valence-electron chi connectivity index (χ0n) is 26.7. The van der Waals surface area contributed by atoms with Gasteiger partial charge in [0.2, 0.25) is 0 Å². The van der Waals surface area contributed by atoms with Crippen LogP contribution in [-0.4, -0.2) is 25.2 Å². The molecule has 43 heavy (non-hydrogen) atoms. The maximum Gasteiger partial charge on any atom is 0.343 e. The molecule has 0 spiro atoms. The molecule has 0 N–H and O–H groups in total. The molecule has 234 valence electrons. The van der Waals surface area contributed by atoms with Gasteiger partial charge in [0, 0.05) is 0 Å². The number of unbranched alkanes of at least 4 members (excludes halogenated alkanes) is 12. The minimum Gasteiger partial charge on any atom is -0.494 e. The molecule has 0 aliphatic rings. The molecule has 0 amide bonds. The SMILES string of the molecule is CCCCCCCCCCOC(=O)[C@@H](C)c1ccc2cc(OC(=O)c3ccc(OCCCCCCCC)cc3)ccc2c1. The highest BCUT2D eigenvalue weighted by molar-refractivity contribution is 5.92. The average Bonchev–Trinajstić information content (AvgIpc) is 3.03. The fourth-order valence-corrected chi connectivity index (χ4v) is 5.17. The normalized spacial score (nSPS) is 11.8. The van der Waals surface area contributed by atoms with E-state index in [9.17, 15) is 9.59 Å². The van der Waals surface area contributed by atoms with E-state index in [1.54, 1.807) is 18.2 Å². The minimum atomic E-state index is -0.411. The maximum atomic E-state index is 12.7. The summed E-state index contributed by atoms with van der Waals surface area (Å²) in [5, 5.41) is 1.92. The molecule has 0 heterocycles. The molecular weight excluding hydrogens is 536 g/mol. The van der Waals surface area contributed by atoms with E-state index in [1.165, 1.54) is 70.6 Å². The lowest BCUT2D eigenvalue weighted by atomic mass is 9.98. The molecule has 1 atom stereocenters. The molecule has 0 fully saturated rings. The van der Waals surface area contributed by atoms with Crippen LogP contribution in [0.25, 0.3) is 10.8 Å². The van der Waals surface area contributed by atoms with Crippen LogP contribution in [0.4, 0.5) is 0 Å². The van der Waals surface area contributed by atoms with Gasteiger partial charge in [0.25, 0.3) is 0 Å². The van der Waals surface area contributed by atoms with Crippen LogP contribution >= 0.6 is 0 Å². The largest absolute Gasteiger partial charge is 0.494 e. The van der Waals surface area contributed by atoms with Gasteiger partial charge in [-0.1, -0.05) is 115 Å². The van der Waals surface area contributed by atoms with Crippen molar-refractivity contribution in [3.05, 3.63) is 71.8 Å². The number of ether oxygens (including phenoxy) is 3. The molecule has 0 unspecified atom stereocenters. The lowest BCUT2D eigenvalue weighted by Gasteiger charge is -2.13. The highest BCUT2D eigenvalue weighted by Gasteiger charge is 2.17. The molecule has 0 saturated carbocycles. The topological polar surface area (TPSA) is 61.8 Å². The second-order valence-corrected chi connectivity index (χ2v) is 11.7.